The molecule has 1 heterocycles. The molecule has 0 aliphatic carbocycles. The van der Waals surface area contributed by atoms with Gasteiger partial charge >= 0.3 is 5.97 Å². The van der Waals surface area contributed by atoms with E-state index in [1.54, 1.807) is 6.08 Å². The molecule has 1 amide bonds. The molecule has 0 saturated carbocycles. The zero-order valence-electron chi connectivity index (χ0n) is 50.5. The molecular weight excluding hydrogens is 967 g/mol. The Hall–Kier alpha value is -1.60. The van der Waals surface area contributed by atoms with Crippen molar-refractivity contribution in [1.82, 2.24) is 5.32 Å². The maximum absolute atomic E-state index is 13.0. The van der Waals surface area contributed by atoms with E-state index in [-0.39, 0.29) is 18.5 Å². The molecule has 7 atom stereocenters. The number of unbranched alkanes of at least 4 members (excludes halogenated alkanes) is 45. The molecule has 1 rings (SSSR count). The standard InChI is InChI=1S/C66H127NO10/c1-3-5-7-9-11-13-32-36-40-44-48-52-59(69)58(57-76-66-65(74)64(73)63(72)60(56-68)77-66)67-61(70)53-49-45-41-37-34-30-28-26-24-22-20-18-16-15-17-19-21-23-25-27-29-31-35-39-43-47-51-55-75-62(71)54-50-46-42-38-33-14-12-10-8-6-4-2/h48,52,58-60,63-66,68-69,72-74H,3-47,49-51,53-57H2,1-2H3,(H,67,70)/b52-48+. The number of carbonyl (C=O) groups excluding carboxylic acids is 2. The van der Waals surface area contributed by atoms with E-state index in [9.17, 15) is 35.1 Å². The highest BCUT2D eigenvalue weighted by molar-refractivity contribution is 5.76. The van der Waals surface area contributed by atoms with E-state index in [0.717, 1.165) is 51.4 Å². The molecule has 1 saturated heterocycles. The van der Waals surface area contributed by atoms with Gasteiger partial charge in [0.2, 0.25) is 5.91 Å². The second kappa shape index (κ2) is 56.3. The molecule has 77 heavy (non-hydrogen) atoms. The lowest BCUT2D eigenvalue weighted by atomic mass is 9.99. The van der Waals surface area contributed by atoms with Gasteiger partial charge in [0, 0.05) is 12.8 Å². The highest BCUT2D eigenvalue weighted by atomic mass is 16.7. The number of hydrogen-bond donors (Lipinski definition) is 6. The molecule has 7 unspecified atom stereocenters. The Morgan fingerprint density at radius 2 is 0.818 bits per heavy atom. The smallest absolute Gasteiger partial charge is 0.305 e. The summed E-state index contributed by atoms with van der Waals surface area (Å²) >= 11 is 0. The third-order valence-corrected chi connectivity index (χ3v) is 16.2. The predicted octanol–water partition coefficient (Wildman–Crippen LogP) is 16.3. The number of rotatable bonds is 59. The van der Waals surface area contributed by atoms with E-state index in [1.807, 2.05) is 6.08 Å². The number of allylic oxidation sites excluding steroid dienone is 1. The highest BCUT2D eigenvalue weighted by Gasteiger charge is 2.44. The Bertz CT molecular complexity index is 1280. The minimum absolute atomic E-state index is 0.00879. The van der Waals surface area contributed by atoms with Crippen molar-refractivity contribution in [2.45, 2.75) is 378 Å². The lowest BCUT2D eigenvalue weighted by Gasteiger charge is -2.40. The predicted molar refractivity (Wildman–Crippen MR) is 320 cm³/mol. The largest absolute Gasteiger partial charge is 0.466 e. The van der Waals surface area contributed by atoms with Crippen LogP contribution in [0, 0.1) is 0 Å². The fraction of sp³-hybridized carbons (Fsp3) is 0.939. The first-order chi connectivity index (χ1) is 37.7. The van der Waals surface area contributed by atoms with Crippen molar-refractivity contribution in [3.63, 3.8) is 0 Å². The minimum Gasteiger partial charge on any atom is -0.466 e. The van der Waals surface area contributed by atoms with Crippen LogP contribution in [0.3, 0.4) is 0 Å². The Morgan fingerprint density at radius 3 is 1.21 bits per heavy atom. The molecule has 1 aliphatic rings. The van der Waals surface area contributed by atoms with Gasteiger partial charge in [-0.05, 0) is 32.1 Å². The van der Waals surface area contributed by atoms with Crippen LogP contribution in [0.4, 0.5) is 0 Å². The van der Waals surface area contributed by atoms with Gasteiger partial charge in [-0.3, -0.25) is 9.59 Å². The molecule has 0 spiro atoms. The average Bonchev–Trinajstić information content (AvgIpc) is 3.43. The number of nitrogens with one attached hydrogen (secondary N) is 1. The number of aliphatic hydroxyl groups is 5. The summed E-state index contributed by atoms with van der Waals surface area (Å²) in [5.41, 5.74) is 0. The van der Waals surface area contributed by atoms with Crippen LogP contribution in [-0.2, 0) is 23.8 Å². The summed E-state index contributed by atoms with van der Waals surface area (Å²) < 4.78 is 16.7. The monoisotopic (exact) mass is 1090 g/mol. The van der Waals surface area contributed by atoms with Gasteiger partial charge in [-0.25, -0.2) is 0 Å². The molecule has 11 heteroatoms. The summed E-state index contributed by atoms with van der Waals surface area (Å²) in [4.78, 5) is 25.1. The third kappa shape index (κ3) is 45.7. The number of esters is 1. The fourth-order valence-corrected chi connectivity index (χ4v) is 10.8. The molecule has 1 fully saturated rings. The second-order valence-electron chi connectivity index (χ2n) is 23.5. The van der Waals surface area contributed by atoms with Crippen LogP contribution >= 0.6 is 0 Å². The number of amides is 1. The molecule has 0 aromatic heterocycles. The van der Waals surface area contributed by atoms with Gasteiger partial charge in [-0.15, -0.1) is 0 Å². The molecule has 11 nitrogen and oxygen atoms in total. The zero-order chi connectivity index (χ0) is 55.9. The SMILES string of the molecule is CCCCCCCCCCC/C=C/C(O)C(COC1OC(CO)C(O)C(O)C1O)NC(=O)CCCCCCCCCCCCCCCCCCCCCCCCCCCCCOC(=O)CCCCCCCCCCCCC. The van der Waals surface area contributed by atoms with E-state index in [4.69, 9.17) is 14.2 Å². The normalized spacial score (nSPS) is 18.6. The molecular formula is C66H127NO10. The summed E-state index contributed by atoms with van der Waals surface area (Å²) in [6, 6.07) is -0.806. The van der Waals surface area contributed by atoms with Crippen LogP contribution in [0.2, 0.25) is 0 Å². The van der Waals surface area contributed by atoms with E-state index in [0.29, 0.717) is 19.4 Å². The zero-order valence-corrected chi connectivity index (χ0v) is 50.5. The molecule has 456 valence electrons. The summed E-state index contributed by atoms with van der Waals surface area (Å²) in [5, 5.41) is 54.4. The maximum Gasteiger partial charge on any atom is 0.305 e. The van der Waals surface area contributed by atoms with Crippen molar-refractivity contribution in [2.24, 2.45) is 0 Å². The van der Waals surface area contributed by atoms with Crippen molar-refractivity contribution in [3.8, 4) is 0 Å². The van der Waals surface area contributed by atoms with Crippen molar-refractivity contribution < 1.29 is 49.3 Å². The maximum atomic E-state index is 13.0. The first-order valence-electron chi connectivity index (χ1n) is 33.5. The molecule has 0 bridgehead atoms. The van der Waals surface area contributed by atoms with Gasteiger partial charge in [0.05, 0.1) is 32.0 Å². The number of carbonyl (C=O) groups is 2. The lowest BCUT2D eigenvalue weighted by Crippen LogP contribution is -2.60. The Morgan fingerprint density at radius 1 is 0.468 bits per heavy atom. The van der Waals surface area contributed by atoms with Crippen LogP contribution in [0.5, 0.6) is 0 Å². The Balaban J connectivity index is 1.96. The van der Waals surface area contributed by atoms with E-state index in [2.05, 4.69) is 19.2 Å². The van der Waals surface area contributed by atoms with Crippen LogP contribution < -0.4 is 5.32 Å². The van der Waals surface area contributed by atoms with Crippen LogP contribution in [0.15, 0.2) is 12.2 Å². The summed E-state index contributed by atoms with van der Waals surface area (Å²) in [6.07, 6.45) is 57.6. The van der Waals surface area contributed by atoms with Gasteiger partial charge in [-0.2, -0.15) is 0 Å². The Labute approximate surface area is 474 Å². The first-order valence-corrected chi connectivity index (χ1v) is 33.5. The summed E-state index contributed by atoms with van der Waals surface area (Å²) in [5.74, 6) is -0.169. The number of hydrogen-bond acceptors (Lipinski definition) is 10. The van der Waals surface area contributed by atoms with Crippen LogP contribution in [-0.4, -0.2) is 100 Å². The summed E-state index contributed by atoms with van der Waals surface area (Å²) in [7, 11) is 0. The van der Waals surface area contributed by atoms with Crippen LogP contribution in [0.25, 0.3) is 0 Å². The van der Waals surface area contributed by atoms with Crippen molar-refractivity contribution in [3.05, 3.63) is 12.2 Å². The average molecular weight is 1090 g/mol. The van der Waals surface area contributed by atoms with Gasteiger partial charge in [0.1, 0.15) is 24.4 Å². The molecule has 6 N–H and O–H groups in total. The Kier molecular flexibility index (Phi) is 53.6. The fourth-order valence-electron chi connectivity index (χ4n) is 10.8. The highest BCUT2D eigenvalue weighted by Crippen LogP contribution is 2.23. The van der Waals surface area contributed by atoms with Gasteiger partial charge < -0.3 is 45.1 Å². The van der Waals surface area contributed by atoms with E-state index >= 15 is 0 Å². The molecule has 0 aromatic rings. The number of aliphatic hydroxyl groups excluding tert-OH is 5. The summed E-state index contributed by atoms with van der Waals surface area (Å²) in [6.45, 7) is 4.36. The van der Waals surface area contributed by atoms with Crippen molar-refractivity contribution >= 4 is 11.9 Å². The van der Waals surface area contributed by atoms with E-state index in [1.165, 1.54) is 257 Å². The van der Waals surface area contributed by atoms with Gasteiger partial charge in [-0.1, -0.05) is 302 Å². The van der Waals surface area contributed by atoms with Crippen molar-refractivity contribution in [2.75, 3.05) is 19.8 Å². The molecule has 0 aromatic carbocycles. The van der Waals surface area contributed by atoms with Gasteiger partial charge in [0.15, 0.2) is 6.29 Å². The lowest BCUT2D eigenvalue weighted by molar-refractivity contribution is -0.302. The topological polar surface area (TPSA) is 175 Å². The van der Waals surface area contributed by atoms with Crippen molar-refractivity contribution in [1.29, 1.82) is 0 Å². The quantitative estimate of drug-likeness (QED) is 0.0195. The first kappa shape index (κ1) is 73.4. The number of ether oxygens (including phenoxy) is 3. The molecule has 0 radical (unpaired) electrons. The third-order valence-electron chi connectivity index (χ3n) is 16.2. The second-order valence-corrected chi connectivity index (χ2v) is 23.5. The minimum atomic E-state index is -1.57. The van der Waals surface area contributed by atoms with Gasteiger partial charge in [0.25, 0.3) is 0 Å². The van der Waals surface area contributed by atoms with E-state index < -0.39 is 49.5 Å². The van der Waals surface area contributed by atoms with Crippen LogP contribution in [0.1, 0.15) is 335 Å². The molecule has 1 aliphatic heterocycles.